The Bertz CT molecular complexity index is 4610. The topological polar surface area (TPSA) is 353 Å². The number of imide groups is 1. The van der Waals surface area contributed by atoms with E-state index in [-0.39, 0.29) is 81.6 Å². The van der Waals surface area contributed by atoms with E-state index < -0.39 is 130 Å². The summed E-state index contributed by atoms with van der Waals surface area (Å²) in [5.74, 6) is -22.9. The van der Waals surface area contributed by atoms with Crippen LogP contribution in [-0.2, 0) is 62.2 Å². The SMILES string of the molecule is CCC(c1ccccc1)C1C(=O)OC(=O)C1C.CCCCCCCCN.CCCCNC(=O)C(C(CC(c1ccccc1)C1C(=O)OC(=O)C1C)C(=O)O)C(CC1C(=O)N(CCCC)C(=O)C1C(CC(C(=O)O)C(C(=O)OCCNC(=O)c1ccc(N(C)C)cc1)C(CC)c1ccccc1)c1ccccc1)c1ccccc1.CN(C)c1ccc(C(=O)CCCO)cc1. The van der Waals surface area contributed by atoms with Crippen molar-refractivity contribution in [3.05, 3.63) is 239 Å². The van der Waals surface area contributed by atoms with Crippen molar-refractivity contribution < 1.29 is 87.1 Å². The van der Waals surface area contributed by atoms with Crippen LogP contribution >= 0.6 is 0 Å². The molecule has 24 nitrogen and oxygen atoms in total. The minimum absolute atomic E-state index is 0.0334. The number of aliphatic hydroxyl groups is 1. The van der Waals surface area contributed by atoms with Gasteiger partial charge in [-0.3, -0.25) is 62.4 Å². The van der Waals surface area contributed by atoms with E-state index in [1.807, 2.05) is 138 Å². The van der Waals surface area contributed by atoms with E-state index in [1.165, 1.54) is 43.4 Å². The minimum Gasteiger partial charge on any atom is -0.481 e. The molecule has 0 bridgehead atoms. The predicted molar refractivity (Wildman–Crippen MR) is 492 cm³/mol. The number of nitrogens with one attached hydrogen (secondary N) is 2. The van der Waals surface area contributed by atoms with Crippen molar-refractivity contribution in [1.82, 2.24) is 15.5 Å². The molecule has 0 saturated carbocycles. The number of esters is 5. The van der Waals surface area contributed by atoms with E-state index in [2.05, 4.69) is 17.6 Å². The number of aliphatic carboxylic acids is 2. The van der Waals surface area contributed by atoms with Crippen LogP contribution in [0.25, 0.3) is 0 Å². The Morgan fingerprint density at radius 1 is 0.457 bits per heavy atom. The van der Waals surface area contributed by atoms with Crippen LogP contribution in [0.3, 0.4) is 0 Å². The standard InChI is InChI=1S/C69H82N4O13.C14H16O3.C12H17NO2.C8H19N/c1-7-10-36-70-62(75)58(55(65(78)79)41-51(45-26-18-13-19-27-45)57-43(4)67(82)86-69(57)84)52(46-28-20-14-21-29-46)40-54-59(64(77)73(63(54)76)38-11-8-2)53(47-30-22-15-23-31-47)42-56(66(80)81)60(50(9-3)44-24-16-12-17-25-44)68(83)85-39-37-71-61(74)48-32-34-49(35-33-48)72(5)6;1-3-11(10-7-5-4-6-8-10)12-9(2)13(15)17-14(12)16;1-13(2)11-7-5-10(6-8-11)12(15)4-3-9-14;1-2-3-4-5-6-7-8-9/h12-35,43,50-60H,7-11,36-42H2,1-6H3,(H,70,75)(H,71,74)(H,78,79)(H,80,81);4-9,11-12H,3H2,1-2H3;5-8,14H,3-4,9H2,1-2H3;2-9H2,1H3. The number of ether oxygens (including phenoxy) is 3. The summed E-state index contributed by atoms with van der Waals surface area (Å²) in [6.07, 6.45) is 11.5. The summed E-state index contributed by atoms with van der Waals surface area (Å²) in [4.78, 5) is 170. The molecule has 127 heavy (non-hydrogen) atoms. The van der Waals surface area contributed by atoms with Crippen LogP contribution in [0.5, 0.6) is 0 Å². The number of benzene rings is 7. The predicted octanol–water partition coefficient (Wildman–Crippen LogP) is 16.6. The molecule has 15 atom stereocenters. The fraction of sp³-hybridized carbons (Fsp3) is 0.476. The zero-order chi connectivity index (χ0) is 92.7. The lowest BCUT2D eigenvalue weighted by Gasteiger charge is -2.37. The molecule has 7 N–H and O–H groups in total. The van der Waals surface area contributed by atoms with Crippen LogP contribution in [0.2, 0.25) is 0 Å². The Morgan fingerprint density at radius 3 is 1.31 bits per heavy atom. The summed E-state index contributed by atoms with van der Waals surface area (Å²) >= 11 is 0. The molecule has 3 aliphatic rings. The number of Topliss-reactive ketones (excluding diaryl/α,β-unsaturated/α-hetero) is 1. The average Bonchev–Trinajstić information content (AvgIpc) is 1.63. The quantitative estimate of drug-likeness (QED) is 0.00515. The molecule has 15 unspecified atom stereocenters. The van der Waals surface area contributed by atoms with Gasteiger partial charge in [-0.1, -0.05) is 245 Å². The number of carboxylic acid groups (broad SMARTS) is 2. The number of nitrogens with zero attached hydrogens (tertiary/aromatic N) is 3. The van der Waals surface area contributed by atoms with E-state index in [1.54, 1.807) is 141 Å². The van der Waals surface area contributed by atoms with Crippen molar-refractivity contribution in [2.24, 2.45) is 64.9 Å². The monoisotopic (exact) mass is 1740 g/mol. The number of ketones is 1. The van der Waals surface area contributed by atoms with Gasteiger partial charge in [-0.05, 0) is 170 Å². The minimum atomic E-state index is -1.57. The summed E-state index contributed by atoms with van der Waals surface area (Å²) in [6.45, 7) is 14.1. The summed E-state index contributed by atoms with van der Waals surface area (Å²) in [5, 5.41) is 37.7. The maximum absolute atomic E-state index is 15.7. The van der Waals surface area contributed by atoms with Gasteiger partial charge >= 0.3 is 41.8 Å². The van der Waals surface area contributed by atoms with E-state index in [4.69, 9.17) is 25.1 Å². The van der Waals surface area contributed by atoms with Crippen LogP contribution < -0.4 is 26.2 Å². The van der Waals surface area contributed by atoms with Crippen LogP contribution in [-0.4, -0.2) is 159 Å². The van der Waals surface area contributed by atoms with Crippen LogP contribution in [0.15, 0.2) is 200 Å². The second-order valence-corrected chi connectivity index (χ2v) is 33.7. The lowest BCUT2D eigenvalue weighted by Crippen LogP contribution is -2.44. The number of hydrogen-bond donors (Lipinski definition) is 6. The molecule has 4 amide bonds. The third-order valence-corrected chi connectivity index (χ3v) is 24.8. The van der Waals surface area contributed by atoms with Crippen molar-refractivity contribution in [2.75, 3.05) is 77.4 Å². The van der Waals surface area contributed by atoms with Crippen LogP contribution in [0, 0.1) is 59.2 Å². The summed E-state index contributed by atoms with van der Waals surface area (Å²) in [6, 6.07) is 59.6. The number of carboxylic acids is 2. The first-order valence-corrected chi connectivity index (χ1v) is 45.3. The average molecular weight is 1740 g/mol. The van der Waals surface area contributed by atoms with Gasteiger partial charge in [0.05, 0.1) is 65.7 Å². The van der Waals surface area contributed by atoms with Crippen molar-refractivity contribution in [1.29, 1.82) is 0 Å². The fourth-order valence-electron chi connectivity index (χ4n) is 17.7. The second-order valence-electron chi connectivity index (χ2n) is 33.7. The van der Waals surface area contributed by atoms with Crippen LogP contribution in [0.4, 0.5) is 11.4 Å². The first-order chi connectivity index (χ1) is 61.1. The van der Waals surface area contributed by atoms with Gasteiger partial charge in [0.1, 0.15) is 6.61 Å². The molecule has 0 aliphatic carbocycles. The number of nitrogens with two attached hydrogens (primary N) is 1. The first kappa shape index (κ1) is 103. The summed E-state index contributed by atoms with van der Waals surface area (Å²) in [5.41, 5.74) is 11.8. The number of cyclic esters (lactones) is 4. The molecule has 7 aromatic carbocycles. The van der Waals surface area contributed by atoms with Crippen molar-refractivity contribution in [3.63, 3.8) is 0 Å². The van der Waals surface area contributed by atoms with Crippen LogP contribution in [0.1, 0.15) is 236 Å². The Labute approximate surface area is 749 Å². The molecule has 7 aromatic rings. The maximum atomic E-state index is 15.7. The molecule has 3 aliphatic heterocycles. The molecule has 3 heterocycles. The molecule has 0 aromatic heterocycles. The van der Waals surface area contributed by atoms with Gasteiger partial charge < -0.3 is 55.7 Å². The number of carbonyl (C=O) groups is 12. The Hall–Kier alpha value is -11.5. The Morgan fingerprint density at radius 2 is 0.882 bits per heavy atom. The molecule has 0 spiro atoms. The van der Waals surface area contributed by atoms with E-state index in [0.717, 1.165) is 29.9 Å². The molecule has 0 radical (unpaired) electrons. The van der Waals surface area contributed by atoms with Gasteiger partial charge in [0, 0.05) is 76.8 Å². The highest BCUT2D eigenvalue weighted by Crippen LogP contribution is 2.52. The number of aliphatic hydroxyl groups excluding tert-OH is 1. The largest absolute Gasteiger partial charge is 0.481 e. The van der Waals surface area contributed by atoms with Gasteiger partial charge in [0.15, 0.2) is 5.78 Å². The molecular formula is C103H134N6O18. The van der Waals surface area contributed by atoms with Crippen molar-refractivity contribution >= 4 is 82.6 Å². The van der Waals surface area contributed by atoms with E-state index in [9.17, 15) is 53.4 Å². The number of unbranched alkanes of at least 4 members (excludes halogenated alkanes) is 7. The smallest absolute Gasteiger partial charge is 0.318 e. The number of likely N-dealkylation sites (tertiary alicyclic amines) is 1. The first-order valence-electron chi connectivity index (χ1n) is 45.3. The Kier molecular flexibility index (Phi) is 43.0. The Balaban J connectivity index is 0.000000434. The molecule has 24 heteroatoms. The van der Waals surface area contributed by atoms with Gasteiger partial charge in [-0.25, -0.2) is 0 Å². The third kappa shape index (κ3) is 29.3. The maximum Gasteiger partial charge on any atom is 0.318 e. The summed E-state index contributed by atoms with van der Waals surface area (Å²) in [7, 11) is 7.69. The zero-order valence-corrected chi connectivity index (χ0v) is 75.9. The third-order valence-electron chi connectivity index (χ3n) is 24.8. The number of hydrogen-bond acceptors (Lipinski definition) is 19. The highest BCUT2D eigenvalue weighted by molar-refractivity contribution is 6.06. The van der Waals surface area contributed by atoms with Gasteiger partial charge in [0.25, 0.3) is 5.91 Å². The second kappa shape index (κ2) is 53.2. The highest BCUT2D eigenvalue weighted by Gasteiger charge is 2.56. The molecule has 10 rings (SSSR count). The highest BCUT2D eigenvalue weighted by atomic mass is 16.6. The van der Waals surface area contributed by atoms with E-state index >= 15 is 14.4 Å². The summed E-state index contributed by atoms with van der Waals surface area (Å²) < 4.78 is 15.8. The van der Waals surface area contributed by atoms with E-state index in [0.29, 0.717) is 78.3 Å². The lowest BCUT2D eigenvalue weighted by molar-refractivity contribution is -0.159. The molecule has 3 saturated heterocycles. The number of anilines is 2. The lowest BCUT2D eigenvalue weighted by atomic mass is 9.64. The van der Waals surface area contributed by atoms with Gasteiger partial charge in [-0.2, -0.15) is 0 Å². The zero-order valence-electron chi connectivity index (χ0n) is 75.9. The number of carbonyl (C=O) groups excluding carboxylic acids is 10. The molecule has 3 fully saturated rings. The van der Waals surface area contributed by atoms with Gasteiger partial charge in [0.2, 0.25) is 17.7 Å². The molecular weight excluding hydrogens is 1610 g/mol. The molecule has 684 valence electrons. The number of rotatable bonds is 46. The van der Waals surface area contributed by atoms with Gasteiger partial charge in [-0.15, -0.1) is 0 Å². The van der Waals surface area contributed by atoms with Crippen molar-refractivity contribution in [3.8, 4) is 0 Å². The fourth-order valence-corrected chi connectivity index (χ4v) is 17.7. The van der Waals surface area contributed by atoms with Crippen molar-refractivity contribution in [2.45, 2.75) is 187 Å². The normalized spacial score (nSPS) is 18.5. The number of amides is 4.